The lowest BCUT2D eigenvalue weighted by Gasteiger charge is -2.21. The summed E-state index contributed by atoms with van der Waals surface area (Å²) >= 11 is 0. The van der Waals surface area contributed by atoms with E-state index in [-0.39, 0.29) is 25.7 Å². The fourth-order valence-electron chi connectivity index (χ4n) is 12.0. The number of ether oxygens (including phenoxy) is 4. The first-order valence-corrected chi connectivity index (χ1v) is 43.5. The first-order chi connectivity index (χ1) is 46.9. The number of phosphoric ester groups is 2. The molecule has 19 heteroatoms. The van der Waals surface area contributed by atoms with E-state index in [4.69, 9.17) is 37.0 Å². The van der Waals surface area contributed by atoms with Crippen molar-refractivity contribution in [2.75, 3.05) is 39.6 Å². The number of esters is 4. The van der Waals surface area contributed by atoms with E-state index in [9.17, 15) is 43.2 Å². The van der Waals surface area contributed by atoms with Gasteiger partial charge in [-0.25, -0.2) is 9.13 Å². The molecule has 3 N–H and O–H groups in total. The number of unbranched alkanes of at least 4 members (excludes halogenated alkanes) is 46. The van der Waals surface area contributed by atoms with Crippen molar-refractivity contribution in [2.45, 2.75) is 426 Å². The van der Waals surface area contributed by atoms with Crippen molar-refractivity contribution < 1.29 is 80.2 Å². The molecule has 0 aromatic carbocycles. The highest BCUT2D eigenvalue weighted by Crippen LogP contribution is 2.45. The van der Waals surface area contributed by atoms with Crippen LogP contribution in [0.25, 0.3) is 0 Å². The van der Waals surface area contributed by atoms with E-state index in [1.54, 1.807) is 0 Å². The molecular formula is C78H152O17P2. The standard InChI is InChI=1S/C78H152O17P2/c1-7-10-12-14-15-16-17-18-19-22-29-34-39-44-50-56-62-77(82)94-73(66-88-75(80)60-54-46-13-11-8-2)68-92-96(84,85)90-64-72(79)65-91-97(86,87)93-69-74(95-78(83)63-57-51-45-40-35-30-23-20-21-26-31-36-41-47-52-58-70(4)5)67-89-76(81)61-55-49-43-38-33-28-25-24-27-32-37-42-48-53-59-71(6)9-3/h70-74,79H,7-69H2,1-6H3,(H,84,85)(H,86,87)/t71?,72-,73+,74+/m0/s1. The minimum absolute atomic E-state index is 0.107. The first kappa shape index (κ1) is 95.1. The molecule has 0 bridgehead atoms. The number of hydrogen-bond donors (Lipinski definition) is 3. The number of rotatable bonds is 77. The predicted molar refractivity (Wildman–Crippen MR) is 395 cm³/mol. The molecular weight excluding hydrogens is 1270 g/mol. The van der Waals surface area contributed by atoms with Gasteiger partial charge in [-0.15, -0.1) is 0 Å². The van der Waals surface area contributed by atoms with Gasteiger partial charge in [0.15, 0.2) is 12.2 Å². The van der Waals surface area contributed by atoms with Gasteiger partial charge in [-0.2, -0.15) is 0 Å². The van der Waals surface area contributed by atoms with Crippen LogP contribution in [0.1, 0.15) is 408 Å². The molecule has 0 aromatic heterocycles. The summed E-state index contributed by atoms with van der Waals surface area (Å²) in [4.78, 5) is 72.6. The van der Waals surface area contributed by atoms with E-state index in [2.05, 4.69) is 41.5 Å². The lowest BCUT2D eigenvalue weighted by Crippen LogP contribution is -2.30. The van der Waals surface area contributed by atoms with Crippen LogP contribution in [0, 0.1) is 11.8 Å². The van der Waals surface area contributed by atoms with Gasteiger partial charge in [-0.05, 0) is 37.5 Å². The third-order valence-corrected chi connectivity index (χ3v) is 20.5. The zero-order valence-electron chi connectivity index (χ0n) is 63.4. The van der Waals surface area contributed by atoms with Gasteiger partial charge in [0.05, 0.1) is 26.4 Å². The predicted octanol–water partition coefficient (Wildman–Crippen LogP) is 23.1. The second-order valence-electron chi connectivity index (χ2n) is 28.8. The van der Waals surface area contributed by atoms with Crippen LogP contribution < -0.4 is 0 Å². The normalized spacial score (nSPS) is 14.2. The van der Waals surface area contributed by atoms with Crippen LogP contribution in [0.5, 0.6) is 0 Å². The monoisotopic (exact) mass is 1420 g/mol. The fraction of sp³-hybridized carbons (Fsp3) is 0.949. The zero-order valence-corrected chi connectivity index (χ0v) is 65.2. The topological polar surface area (TPSA) is 237 Å². The van der Waals surface area contributed by atoms with Crippen LogP contribution in [0.3, 0.4) is 0 Å². The van der Waals surface area contributed by atoms with Gasteiger partial charge < -0.3 is 33.8 Å². The second kappa shape index (κ2) is 69.8. The minimum atomic E-state index is -4.96. The molecule has 0 aliphatic heterocycles. The number of hydrogen-bond acceptors (Lipinski definition) is 15. The summed E-state index contributed by atoms with van der Waals surface area (Å²) in [5, 5.41) is 10.6. The lowest BCUT2D eigenvalue weighted by molar-refractivity contribution is -0.161. The van der Waals surface area contributed by atoms with Crippen molar-refractivity contribution >= 4 is 39.5 Å². The summed E-state index contributed by atoms with van der Waals surface area (Å²) in [5.41, 5.74) is 0. The first-order valence-electron chi connectivity index (χ1n) is 40.5. The number of aliphatic hydroxyl groups is 1. The lowest BCUT2D eigenvalue weighted by atomic mass is 9.99. The third kappa shape index (κ3) is 70.9. The summed E-state index contributed by atoms with van der Waals surface area (Å²) in [6.45, 7) is 9.61. The highest BCUT2D eigenvalue weighted by molar-refractivity contribution is 7.47. The molecule has 6 atom stereocenters. The van der Waals surface area contributed by atoms with Gasteiger partial charge in [0.25, 0.3) is 0 Å². The van der Waals surface area contributed by atoms with Crippen molar-refractivity contribution in [3.63, 3.8) is 0 Å². The van der Waals surface area contributed by atoms with Crippen LogP contribution >= 0.6 is 15.6 Å². The highest BCUT2D eigenvalue weighted by Gasteiger charge is 2.30. The number of phosphoric acid groups is 2. The maximum absolute atomic E-state index is 13.1. The largest absolute Gasteiger partial charge is 0.472 e. The smallest absolute Gasteiger partial charge is 0.462 e. The maximum atomic E-state index is 13.1. The Morgan fingerprint density at radius 1 is 0.299 bits per heavy atom. The van der Waals surface area contributed by atoms with Gasteiger partial charge >= 0.3 is 39.5 Å². The van der Waals surface area contributed by atoms with Crippen LogP contribution in [0.2, 0.25) is 0 Å². The summed E-state index contributed by atoms with van der Waals surface area (Å²) in [6, 6.07) is 0. The Labute approximate surface area is 594 Å². The van der Waals surface area contributed by atoms with E-state index in [1.165, 1.54) is 218 Å². The summed E-state index contributed by atoms with van der Waals surface area (Å²) in [5.74, 6) is -0.470. The Hall–Kier alpha value is -1.94. The molecule has 0 saturated carbocycles. The zero-order chi connectivity index (χ0) is 71.4. The molecule has 0 saturated heterocycles. The van der Waals surface area contributed by atoms with E-state index in [0.29, 0.717) is 25.7 Å². The summed E-state index contributed by atoms with van der Waals surface area (Å²) < 4.78 is 68.4. The molecule has 0 spiro atoms. The van der Waals surface area contributed by atoms with Gasteiger partial charge in [0.2, 0.25) is 0 Å². The molecule has 0 aliphatic rings. The van der Waals surface area contributed by atoms with Gasteiger partial charge in [-0.3, -0.25) is 37.3 Å². The van der Waals surface area contributed by atoms with Gasteiger partial charge in [0.1, 0.15) is 19.3 Å². The SMILES string of the molecule is CCCCCCCCCCCCCCCCCCC(=O)O[C@H](COC(=O)CCCCCCC)COP(=O)(O)OC[C@H](O)COP(=O)(O)OC[C@@H](COC(=O)CCCCCCCCCCCCCCCCC(C)CC)OC(=O)CCCCCCCCCCCCCCCCCC(C)C. The van der Waals surface area contributed by atoms with Crippen LogP contribution in [0.4, 0.5) is 0 Å². The van der Waals surface area contributed by atoms with Gasteiger partial charge in [-0.1, -0.05) is 356 Å². The molecule has 576 valence electrons. The quantitative estimate of drug-likeness (QED) is 0.0222. The highest BCUT2D eigenvalue weighted by atomic mass is 31.2. The molecule has 0 fully saturated rings. The summed E-state index contributed by atoms with van der Waals surface area (Å²) in [6.07, 6.45) is 58.6. The molecule has 0 radical (unpaired) electrons. The fourth-order valence-corrected chi connectivity index (χ4v) is 13.6. The number of aliphatic hydroxyl groups excluding tert-OH is 1. The van der Waals surface area contributed by atoms with Crippen molar-refractivity contribution in [3.8, 4) is 0 Å². The average Bonchev–Trinajstić information content (AvgIpc) is 1.73. The van der Waals surface area contributed by atoms with Crippen molar-refractivity contribution in [3.05, 3.63) is 0 Å². The Morgan fingerprint density at radius 3 is 0.784 bits per heavy atom. The van der Waals surface area contributed by atoms with E-state index in [1.807, 2.05) is 0 Å². The Bertz CT molecular complexity index is 1870. The van der Waals surface area contributed by atoms with Crippen LogP contribution in [-0.4, -0.2) is 96.7 Å². The van der Waals surface area contributed by atoms with Crippen LogP contribution in [-0.2, 0) is 65.4 Å². The number of carbonyl (C=O) groups is 4. The molecule has 97 heavy (non-hydrogen) atoms. The Morgan fingerprint density at radius 2 is 0.526 bits per heavy atom. The third-order valence-electron chi connectivity index (χ3n) is 18.6. The summed E-state index contributed by atoms with van der Waals surface area (Å²) in [7, 11) is -9.90. The maximum Gasteiger partial charge on any atom is 0.472 e. The van der Waals surface area contributed by atoms with Crippen molar-refractivity contribution in [1.29, 1.82) is 0 Å². The number of carbonyl (C=O) groups excluding carboxylic acids is 4. The molecule has 0 aliphatic carbocycles. The Balaban J connectivity index is 5.14. The molecule has 3 unspecified atom stereocenters. The minimum Gasteiger partial charge on any atom is -0.462 e. The van der Waals surface area contributed by atoms with Crippen molar-refractivity contribution in [1.82, 2.24) is 0 Å². The van der Waals surface area contributed by atoms with Crippen LogP contribution in [0.15, 0.2) is 0 Å². The molecule has 0 rings (SSSR count). The molecule has 17 nitrogen and oxygen atoms in total. The van der Waals surface area contributed by atoms with Crippen molar-refractivity contribution in [2.24, 2.45) is 11.8 Å². The second-order valence-corrected chi connectivity index (χ2v) is 31.7. The van der Waals surface area contributed by atoms with E-state index < -0.39 is 97.5 Å². The molecule has 0 aromatic rings. The molecule has 0 amide bonds. The molecule has 0 heterocycles. The Kier molecular flexibility index (Phi) is 68.4. The van der Waals surface area contributed by atoms with E-state index >= 15 is 0 Å². The van der Waals surface area contributed by atoms with Gasteiger partial charge in [0, 0.05) is 25.7 Å². The average molecular weight is 1420 g/mol. The van der Waals surface area contributed by atoms with E-state index in [0.717, 1.165) is 108 Å².